The fraction of sp³-hybridized carbons (Fsp3) is 0. The Morgan fingerprint density at radius 3 is 2.36 bits per heavy atom. The SMILES string of the molecule is Nc1cc(S(=O)(=O)O)c(Cl)cc1[O-].[Li+]. The van der Waals surface area contributed by atoms with Gasteiger partial charge in [-0.25, -0.2) is 0 Å². The van der Waals surface area contributed by atoms with Crippen LogP contribution < -0.4 is 29.7 Å². The molecule has 0 radical (unpaired) electrons. The van der Waals surface area contributed by atoms with Crippen molar-refractivity contribution in [3.63, 3.8) is 0 Å². The topological polar surface area (TPSA) is 103 Å². The molecule has 0 amide bonds. The van der Waals surface area contributed by atoms with Gasteiger partial charge in [0, 0.05) is 5.69 Å². The predicted molar refractivity (Wildman–Crippen MR) is 45.1 cm³/mol. The molecule has 1 aromatic rings. The Kier molecular flexibility index (Phi) is 4.30. The molecule has 0 unspecified atom stereocenters. The molecule has 0 fully saturated rings. The van der Waals surface area contributed by atoms with Crippen molar-refractivity contribution in [2.45, 2.75) is 4.90 Å². The van der Waals surface area contributed by atoms with Gasteiger partial charge < -0.3 is 10.8 Å². The van der Waals surface area contributed by atoms with E-state index in [1.807, 2.05) is 0 Å². The largest absolute Gasteiger partial charge is 1.00 e. The summed E-state index contributed by atoms with van der Waals surface area (Å²) in [5.74, 6) is -0.586. The number of benzene rings is 1. The Labute approximate surface area is 97.8 Å². The Morgan fingerprint density at radius 1 is 1.43 bits per heavy atom. The van der Waals surface area contributed by atoms with Gasteiger partial charge >= 0.3 is 18.9 Å². The first kappa shape index (κ1) is 13.6. The van der Waals surface area contributed by atoms with E-state index in [0.717, 1.165) is 12.1 Å². The van der Waals surface area contributed by atoms with Crippen molar-refractivity contribution in [3.8, 4) is 5.75 Å². The summed E-state index contributed by atoms with van der Waals surface area (Å²) in [6, 6.07) is 1.65. The molecule has 0 atom stereocenters. The van der Waals surface area contributed by atoms with E-state index in [1.165, 1.54) is 0 Å². The van der Waals surface area contributed by atoms with Crippen LogP contribution in [0.1, 0.15) is 0 Å². The minimum atomic E-state index is -4.42. The van der Waals surface area contributed by atoms with Crippen LogP contribution in [0.4, 0.5) is 5.69 Å². The van der Waals surface area contributed by atoms with Crippen molar-refractivity contribution >= 4 is 27.4 Å². The maximum Gasteiger partial charge on any atom is 1.00 e. The molecule has 0 aliphatic heterocycles. The monoisotopic (exact) mass is 229 g/mol. The van der Waals surface area contributed by atoms with Crippen molar-refractivity contribution in [1.29, 1.82) is 0 Å². The first-order valence-electron chi connectivity index (χ1n) is 3.06. The molecule has 3 N–H and O–H groups in total. The minimum absolute atomic E-state index is 0. The number of anilines is 1. The van der Waals surface area contributed by atoms with E-state index in [9.17, 15) is 13.5 Å². The summed E-state index contributed by atoms with van der Waals surface area (Å²) in [5, 5.41) is 10.5. The summed E-state index contributed by atoms with van der Waals surface area (Å²) in [6.07, 6.45) is 0. The summed E-state index contributed by atoms with van der Waals surface area (Å²) >= 11 is 5.39. The molecule has 14 heavy (non-hydrogen) atoms. The van der Waals surface area contributed by atoms with E-state index < -0.39 is 20.8 Å². The zero-order valence-corrected chi connectivity index (χ0v) is 8.76. The maximum atomic E-state index is 10.8. The van der Waals surface area contributed by atoms with E-state index in [1.54, 1.807) is 0 Å². The second kappa shape index (κ2) is 4.42. The van der Waals surface area contributed by atoms with Crippen LogP contribution in [-0.4, -0.2) is 13.0 Å². The maximum absolute atomic E-state index is 10.8. The number of hydrogen-bond acceptors (Lipinski definition) is 4. The van der Waals surface area contributed by atoms with Crippen LogP contribution >= 0.6 is 11.6 Å². The van der Waals surface area contributed by atoms with Crippen molar-refractivity contribution in [3.05, 3.63) is 17.2 Å². The average Bonchev–Trinajstić information content (AvgIpc) is 1.94. The Hall–Kier alpha value is -0.383. The minimum Gasteiger partial charge on any atom is -0.871 e. The van der Waals surface area contributed by atoms with Gasteiger partial charge in [0.25, 0.3) is 10.1 Å². The molecule has 0 aliphatic carbocycles. The van der Waals surface area contributed by atoms with Gasteiger partial charge in [-0.05, 0) is 12.1 Å². The molecular weight excluding hydrogens is 225 g/mol. The molecule has 5 nitrogen and oxygen atoms in total. The normalized spacial score (nSPS) is 10.7. The molecule has 0 saturated carbocycles. The van der Waals surface area contributed by atoms with Crippen molar-refractivity contribution in [2.75, 3.05) is 5.73 Å². The van der Waals surface area contributed by atoms with E-state index >= 15 is 0 Å². The molecule has 0 bridgehead atoms. The molecule has 8 heteroatoms. The van der Waals surface area contributed by atoms with Gasteiger partial charge in [0.15, 0.2) is 0 Å². The first-order chi connectivity index (χ1) is 5.82. The van der Waals surface area contributed by atoms with Crippen LogP contribution in [0.15, 0.2) is 17.0 Å². The Balaban J connectivity index is 0.00000169. The fourth-order valence-electron chi connectivity index (χ4n) is 0.749. The quantitative estimate of drug-likeness (QED) is 0.309. The van der Waals surface area contributed by atoms with Gasteiger partial charge in [-0.3, -0.25) is 4.55 Å². The standard InChI is InChI=1S/C6H6ClNO4S.Li/c7-3-1-5(9)4(8)2-6(3)13(10,11)12;/h1-2,9H,8H2,(H,10,11,12);/q;+1/p-1. The fourth-order valence-corrected chi connectivity index (χ4v) is 1.78. The molecule has 1 rings (SSSR count). The van der Waals surface area contributed by atoms with Gasteiger partial charge in [0.2, 0.25) is 0 Å². The van der Waals surface area contributed by atoms with E-state index in [4.69, 9.17) is 21.9 Å². The number of halogens is 1. The van der Waals surface area contributed by atoms with E-state index in [-0.39, 0.29) is 29.6 Å². The number of nitrogen functional groups attached to an aromatic ring is 1. The number of nitrogens with two attached hydrogens (primary N) is 1. The van der Waals surface area contributed by atoms with Gasteiger partial charge in [-0.1, -0.05) is 17.4 Å². The smallest absolute Gasteiger partial charge is 0.871 e. The molecule has 0 heterocycles. The summed E-state index contributed by atoms with van der Waals surface area (Å²) in [5.41, 5.74) is 4.86. The Morgan fingerprint density at radius 2 is 1.93 bits per heavy atom. The van der Waals surface area contributed by atoms with Crippen molar-refractivity contribution < 1.29 is 36.9 Å². The van der Waals surface area contributed by atoms with Gasteiger partial charge in [0.1, 0.15) is 4.90 Å². The second-order valence-electron chi connectivity index (χ2n) is 2.30. The number of hydrogen-bond donors (Lipinski definition) is 2. The van der Waals surface area contributed by atoms with E-state index in [0.29, 0.717) is 0 Å². The molecule has 0 saturated heterocycles. The zero-order valence-electron chi connectivity index (χ0n) is 7.19. The van der Waals surface area contributed by atoms with Crippen molar-refractivity contribution in [1.82, 2.24) is 0 Å². The van der Waals surface area contributed by atoms with Crippen LogP contribution in [0.5, 0.6) is 5.75 Å². The molecule has 72 valence electrons. The van der Waals surface area contributed by atoms with Gasteiger partial charge in [0.05, 0.1) is 5.02 Å². The summed E-state index contributed by atoms with van der Waals surface area (Å²) < 4.78 is 29.9. The van der Waals surface area contributed by atoms with Crippen molar-refractivity contribution in [2.24, 2.45) is 0 Å². The van der Waals surface area contributed by atoms with Gasteiger partial charge in [-0.15, -0.1) is 0 Å². The molecule has 1 aromatic carbocycles. The van der Waals surface area contributed by atoms with Crippen LogP contribution in [0.2, 0.25) is 5.02 Å². The van der Waals surface area contributed by atoms with Gasteiger partial charge in [-0.2, -0.15) is 8.42 Å². The molecule has 0 aliphatic rings. The van der Waals surface area contributed by atoms with Crippen LogP contribution in [0.25, 0.3) is 0 Å². The Bertz CT molecular complexity index is 447. The summed E-state index contributed by atoms with van der Waals surface area (Å²) in [6.45, 7) is 0. The second-order valence-corrected chi connectivity index (χ2v) is 4.09. The molecule has 0 spiro atoms. The third kappa shape index (κ3) is 2.80. The van der Waals surface area contributed by atoms with E-state index in [2.05, 4.69) is 0 Å². The zero-order chi connectivity index (χ0) is 10.2. The predicted octanol–water partition coefficient (Wildman–Crippen LogP) is -2.75. The molecule has 0 aromatic heterocycles. The number of rotatable bonds is 1. The van der Waals surface area contributed by atoms with Crippen LogP contribution in [-0.2, 0) is 10.1 Å². The first-order valence-corrected chi connectivity index (χ1v) is 4.87. The summed E-state index contributed by atoms with van der Waals surface area (Å²) in [4.78, 5) is -0.564. The van der Waals surface area contributed by atoms with Crippen LogP contribution in [0.3, 0.4) is 0 Å². The average molecular weight is 230 g/mol. The third-order valence-electron chi connectivity index (χ3n) is 1.34. The third-order valence-corrected chi connectivity index (χ3v) is 2.66. The molecular formula is C6H5ClLiNO4S. The summed E-state index contributed by atoms with van der Waals surface area (Å²) in [7, 11) is -4.42. The van der Waals surface area contributed by atoms with Crippen LogP contribution in [0, 0.1) is 0 Å².